The summed E-state index contributed by atoms with van der Waals surface area (Å²) >= 11 is 3.38. The molecule has 8 nitrogen and oxygen atoms in total. The van der Waals surface area contributed by atoms with E-state index in [1.54, 1.807) is 30.3 Å². The third-order valence-corrected chi connectivity index (χ3v) is 5.50. The van der Waals surface area contributed by atoms with Crippen molar-refractivity contribution in [1.82, 2.24) is 10.2 Å². The lowest BCUT2D eigenvalue weighted by Gasteiger charge is -2.12. The predicted octanol–water partition coefficient (Wildman–Crippen LogP) is 5.17. The Morgan fingerprint density at radius 3 is 2.56 bits per heavy atom. The molecule has 3 aromatic rings. The van der Waals surface area contributed by atoms with Crippen LogP contribution in [-0.2, 0) is 17.9 Å². The number of hydrogen-bond acceptors (Lipinski definition) is 5. The number of nitro benzene ring substituents is 1. The Bertz CT molecular complexity index is 1310. The highest BCUT2D eigenvalue weighted by Crippen LogP contribution is 2.28. The van der Waals surface area contributed by atoms with E-state index in [2.05, 4.69) is 21.2 Å². The number of hydrogen-bond donors (Lipinski definition) is 1. The molecule has 1 saturated heterocycles. The molecule has 3 aromatic carbocycles. The molecule has 0 aromatic heterocycles. The number of carbonyl (C=O) groups excluding carboxylic acids is 2. The Morgan fingerprint density at radius 2 is 1.82 bits per heavy atom. The molecule has 0 saturated carbocycles. The molecule has 0 spiro atoms. The van der Waals surface area contributed by atoms with Crippen LogP contribution in [0.5, 0.6) is 5.75 Å². The van der Waals surface area contributed by atoms with E-state index in [1.807, 2.05) is 0 Å². The number of nitro groups is 1. The van der Waals surface area contributed by atoms with Gasteiger partial charge in [0, 0.05) is 22.2 Å². The molecule has 1 heterocycles. The molecule has 1 N–H and O–H groups in total. The van der Waals surface area contributed by atoms with Crippen LogP contribution in [0.3, 0.4) is 0 Å². The average Bonchev–Trinajstić information content (AvgIpc) is 3.07. The minimum Gasteiger partial charge on any atom is -0.488 e. The molecule has 1 fully saturated rings. The molecule has 1 aliphatic heterocycles. The highest BCUT2D eigenvalue weighted by molar-refractivity contribution is 9.10. The SMILES string of the molecule is O=C1N/C(=C/c2cc(Br)ccc2OCc2cccc([N+](=O)[O-])c2)C(=O)N1Cc1ccc(F)cc1. The molecule has 0 atom stereocenters. The summed E-state index contributed by atoms with van der Waals surface area (Å²) in [6.07, 6.45) is 1.50. The third kappa shape index (κ3) is 5.29. The Kier molecular flexibility index (Phi) is 6.69. The monoisotopic (exact) mass is 525 g/mol. The van der Waals surface area contributed by atoms with Crippen LogP contribution in [0.2, 0.25) is 0 Å². The van der Waals surface area contributed by atoms with Crippen molar-refractivity contribution in [2.24, 2.45) is 0 Å². The number of benzene rings is 3. The van der Waals surface area contributed by atoms with Crippen LogP contribution in [-0.4, -0.2) is 21.8 Å². The Morgan fingerprint density at radius 1 is 1.06 bits per heavy atom. The minimum atomic E-state index is -0.588. The third-order valence-electron chi connectivity index (χ3n) is 5.00. The van der Waals surface area contributed by atoms with E-state index in [4.69, 9.17) is 4.74 Å². The predicted molar refractivity (Wildman–Crippen MR) is 125 cm³/mol. The van der Waals surface area contributed by atoms with Crippen molar-refractivity contribution in [3.8, 4) is 5.75 Å². The smallest absolute Gasteiger partial charge is 0.329 e. The summed E-state index contributed by atoms with van der Waals surface area (Å²) in [4.78, 5) is 36.8. The summed E-state index contributed by atoms with van der Waals surface area (Å²) in [6.45, 7) is 0.0629. The van der Waals surface area contributed by atoms with Gasteiger partial charge in [-0.2, -0.15) is 0 Å². The summed E-state index contributed by atoms with van der Waals surface area (Å²) in [6, 6.07) is 16.2. The molecule has 10 heteroatoms. The van der Waals surface area contributed by atoms with Gasteiger partial charge in [-0.1, -0.05) is 40.2 Å². The molecule has 1 aliphatic rings. The number of nitrogens with one attached hydrogen (secondary N) is 1. The van der Waals surface area contributed by atoms with E-state index in [0.29, 0.717) is 22.4 Å². The normalized spacial score (nSPS) is 14.4. The van der Waals surface area contributed by atoms with E-state index in [9.17, 15) is 24.1 Å². The van der Waals surface area contributed by atoms with E-state index >= 15 is 0 Å². The van der Waals surface area contributed by atoms with Gasteiger partial charge in [0.25, 0.3) is 11.6 Å². The molecule has 4 rings (SSSR count). The highest BCUT2D eigenvalue weighted by atomic mass is 79.9. The first-order chi connectivity index (χ1) is 16.3. The molecule has 34 heavy (non-hydrogen) atoms. The maximum atomic E-state index is 13.1. The first-order valence-electron chi connectivity index (χ1n) is 10.0. The number of imide groups is 1. The largest absolute Gasteiger partial charge is 0.488 e. The lowest BCUT2D eigenvalue weighted by atomic mass is 10.1. The first kappa shape index (κ1) is 23.1. The van der Waals surface area contributed by atoms with Crippen molar-refractivity contribution in [1.29, 1.82) is 0 Å². The quantitative estimate of drug-likeness (QED) is 0.198. The van der Waals surface area contributed by atoms with Crippen LogP contribution < -0.4 is 10.1 Å². The number of ether oxygens (including phenoxy) is 1. The van der Waals surface area contributed by atoms with Gasteiger partial charge in [-0.05, 0) is 47.5 Å². The summed E-state index contributed by atoms with van der Waals surface area (Å²) in [5.41, 5.74) is 1.75. The summed E-state index contributed by atoms with van der Waals surface area (Å²) in [5.74, 6) is -0.519. The van der Waals surface area contributed by atoms with Crippen LogP contribution in [0.4, 0.5) is 14.9 Å². The fourth-order valence-electron chi connectivity index (χ4n) is 3.33. The maximum absolute atomic E-state index is 13.1. The summed E-state index contributed by atoms with van der Waals surface area (Å²) in [7, 11) is 0. The zero-order valence-electron chi connectivity index (χ0n) is 17.5. The number of non-ortho nitro benzene ring substituents is 1. The standard InChI is InChI=1S/C24H17BrFN3O5/c25-18-6-9-22(34-14-16-2-1-3-20(10-16)29(32)33)17(11-18)12-21-23(30)28(24(31)27-21)13-15-4-7-19(26)8-5-15/h1-12H,13-14H2,(H,27,31)/b21-12+. The van der Waals surface area contributed by atoms with E-state index < -0.39 is 22.7 Å². The van der Waals surface area contributed by atoms with Gasteiger partial charge in [0.05, 0.1) is 11.5 Å². The zero-order valence-corrected chi connectivity index (χ0v) is 19.1. The Labute approximate surface area is 201 Å². The van der Waals surface area contributed by atoms with Crippen molar-refractivity contribution in [3.05, 3.63) is 110 Å². The number of rotatable bonds is 7. The number of carbonyl (C=O) groups is 2. The number of urea groups is 1. The van der Waals surface area contributed by atoms with Crippen molar-refractivity contribution < 1.29 is 23.6 Å². The number of nitrogens with zero attached hydrogens (tertiary/aromatic N) is 2. The summed E-state index contributed by atoms with van der Waals surface area (Å²) in [5, 5.41) is 13.5. The van der Waals surface area contributed by atoms with Gasteiger partial charge in [0.15, 0.2) is 0 Å². The van der Waals surface area contributed by atoms with Gasteiger partial charge in [0.1, 0.15) is 23.9 Å². The minimum absolute atomic E-state index is 0.00306. The van der Waals surface area contributed by atoms with Crippen molar-refractivity contribution in [2.45, 2.75) is 13.2 Å². The van der Waals surface area contributed by atoms with Gasteiger partial charge in [-0.15, -0.1) is 0 Å². The van der Waals surface area contributed by atoms with Crippen LogP contribution in [0.25, 0.3) is 6.08 Å². The fourth-order valence-corrected chi connectivity index (χ4v) is 3.71. The molecule has 0 aliphatic carbocycles. The van der Waals surface area contributed by atoms with E-state index in [0.717, 1.165) is 9.37 Å². The number of amides is 3. The molecule has 172 valence electrons. The fraction of sp³-hybridized carbons (Fsp3) is 0.0833. The molecule has 0 radical (unpaired) electrons. The lowest BCUT2D eigenvalue weighted by Crippen LogP contribution is -2.30. The van der Waals surface area contributed by atoms with Crippen LogP contribution in [0.15, 0.2) is 76.9 Å². The maximum Gasteiger partial charge on any atom is 0.329 e. The second-order valence-electron chi connectivity index (χ2n) is 7.40. The Balaban J connectivity index is 1.54. The van der Waals surface area contributed by atoms with E-state index in [1.165, 1.54) is 42.5 Å². The first-order valence-corrected chi connectivity index (χ1v) is 10.8. The second-order valence-corrected chi connectivity index (χ2v) is 8.32. The van der Waals surface area contributed by atoms with E-state index in [-0.39, 0.29) is 24.5 Å². The second kappa shape index (κ2) is 9.84. The average molecular weight is 526 g/mol. The molecule has 0 bridgehead atoms. The molecular formula is C24H17BrFN3O5. The number of halogens is 2. The van der Waals surface area contributed by atoms with Gasteiger partial charge in [-0.25, -0.2) is 9.18 Å². The van der Waals surface area contributed by atoms with Gasteiger partial charge in [0.2, 0.25) is 0 Å². The Hall–Kier alpha value is -4.05. The molecule has 0 unspecified atom stereocenters. The van der Waals surface area contributed by atoms with Crippen LogP contribution in [0.1, 0.15) is 16.7 Å². The van der Waals surface area contributed by atoms with Gasteiger partial charge >= 0.3 is 6.03 Å². The topological polar surface area (TPSA) is 102 Å². The lowest BCUT2D eigenvalue weighted by molar-refractivity contribution is -0.384. The summed E-state index contributed by atoms with van der Waals surface area (Å²) < 4.78 is 19.7. The zero-order chi connectivity index (χ0) is 24.2. The van der Waals surface area contributed by atoms with Crippen molar-refractivity contribution in [2.75, 3.05) is 0 Å². The van der Waals surface area contributed by atoms with Crippen LogP contribution in [0, 0.1) is 15.9 Å². The van der Waals surface area contributed by atoms with Gasteiger partial charge in [-0.3, -0.25) is 19.8 Å². The highest BCUT2D eigenvalue weighted by Gasteiger charge is 2.33. The van der Waals surface area contributed by atoms with Crippen molar-refractivity contribution in [3.63, 3.8) is 0 Å². The molecular weight excluding hydrogens is 509 g/mol. The molecule has 3 amide bonds. The van der Waals surface area contributed by atoms with Crippen LogP contribution >= 0.6 is 15.9 Å². The van der Waals surface area contributed by atoms with Crippen molar-refractivity contribution >= 4 is 39.6 Å². The van der Waals surface area contributed by atoms with Gasteiger partial charge < -0.3 is 10.1 Å².